The Morgan fingerprint density at radius 1 is 0.980 bits per heavy atom. The summed E-state index contributed by atoms with van der Waals surface area (Å²) in [5.41, 5.74) is -1.14. The van der Waals surface area contributed by atoms with Gasteiger partial charge in [-0.3, -0.25) is 19.2 Å². The number of ketones is 1. The Balaban J connectivity index is 1.77. The quantitative estimate of drug-likeness (QED) is 0.122. The van der Waals surface area contributed by atoms with Crippen LogP contribution in [-0.2, 0) is 19.2 Å². The third-order valence-electron chi connectivity index (χ3n) is 10.2. The molecule has 7 amide bonds. The minimum atomic E-state index is -1.04. The van der Waals surface area contributed by atoms with Crippen LogP contribution in [0.3, 0.4) is 0 Å². The van der Waals surface area contributed by atoms with Gasteiger partial charge >= 0.3 is 12.1 Å². The molecule has 2 heterocycles. The van der Waals surface area contributed by atoms with E-state index in [0.29, 0.717) is 44.8 Å². The molecule has 280 valence electrons. The van der Waals surface area contributed by atoms with E-state index in [2.05, 4.69) is 39.7 Å². The lowest BCUT2D eigenvalue weighted by Gasteiger charge is -2.39. The van der Waals surface area contributed by atoms with Gasteiger partial charge in [0.05, 0.1) is 12.1 Å². The number of nitrogens with zero attached hydrogens (tertiary/aromatic N) is 2. The van der Waals surface area contributed by atoms with Crippen LogP contribution in [-0.4, -0.2) is 102 Å². The van der Waals surface area contributed by atoms with E-state index in [1.54, 1.807) is 11.0 Å². The molecule has 0 aromatic heterocycles. The van der Waals surface area contributed by atoms with Crippen LogP contribution in [0.15, 0.2) is 25.3 Å². The van der Waals surface area contributed by atoms with Gasteiger partial charge in [0, 0.05) is 32.7 Å². The molecular weight excluding hydrogens is 638 g/mol. The standard InChI is InChI=1S/C37H61N7O6/c1-9-18-38-32(47)29(45)26(17-12-16-25-14-11-15-25)40-31(46)27-21-24(10-2)22-44(27)33(48)30(37(6,7)8)42-34(49)41-28(36(3,4)5)23-43-20-13-19-39-35(43)50/h9-10,24-28,30H,1-2,11-23H2,3-8H3,(H,38,47)(H,39,50)(H,40,46)(H2,41,42,49)/t24-,26?,27+,28-,30-/m1/s1. The van der Waals surface area contributed by atoms with E-state index in [0.717, 1.165) is 25.7 Å². The molecule has 3 aliphatic rings. The molecular formula is C37H61N7O6. The van der Waals surface area contributed by atoms with E-state index in [9.17, 15) is 28.8 Å². The van der Waals surface area contributed by atoms with Crippen molar-refractivity contribution in [3.05, 3.63) is 25.3 Å². The van der Waals surface area contributed by atoms with Crippen LogP contribution in [0.5, 0.6) is 0 Å². The Bertz CT molecular complexity index is 1270. The number of hydrogen-bond acceptors (Lipinski definition) is 6. The maximum Gasteiger partial charge on any atom is 0.317 e. The van der Waals surface area contributed by atoms with Crippen LogP contribution < -0.4 is 26.6 Å². The number of Topliss-reactive ketones (excluding diaryl/α,β-unsaturated/α-hetero) is 1. The van der Waals surface area contributed by atoms with E-state index in [1.807, 2.05) is 41.5 Å². The van der Waals surface area contributed by atoms with Crippen molar-refractivity contribution >= 4 is 35.6 Å². The topological polar surface area (TPSA) is 169 Å². The highest BCUT2D eigenvalue weighted by atomic mass is 16.2. The van der Waals surface area contributed by atoms with Gasteiger partial charge in [0.25, 0.3) is 5.91 Å². The molecule has 0 aromatic rings. The predicted molar refractivity (Wildman–Crippen MR) is 193 cm³/mol. The summed E-state index contributed by atoms with van der Waals surface area (Å²) in [5.74, 6) is -2.06. The molecule has 50 heavy (non-hydrogen) atoms. The normalized spacial score (nSPS) is 21.5. The van der Waals surface area contributed by atoms with Crippen molar-refractivity contribution < 1.29 is 28.8 Å². The lowest BCUT2D eigenvalue weighted by atomic mass is 9.81. The smallest absolute Gasteiger partial charge is 0.317 e. The molecule has 13 nitrogen and oxygen atoms in total. The SMILES string of the molecule is C=CCNC(=O)C(=O)C(CCCC1CCC1)NC(=O)[C@@H]1C[C@@H](C=C)CN1C(=O)[C@@H](NC(=O)N[C@H](CN1CCCNC1=O)C(C)(C)C)C(C)(C)C. The number of likely N-dealkylation sites (tertiary alicyclic amines) is 1. The highest BCUT2D eigenvalue weighted by Crippen LogP contribution is 2.32. The Morgan fingerprint density at radius 2 is 1.68 bits per heavy atom. The summed E-state index contributed by atoms with van der Waals surface area (Å²) >= 11 is 0. The number of carbonyl (C=O) groups is 6. The Hall–Kier alpha value is -3.90. The first-order valence-corrected chi connectivity index (χ1v) is 18.2. The molecule has 3 fully saturated rings. The Morgan fingerprint density at radius 3 is 2.24 bits per heavy atom. The lowest BCUT2D eigenvalue weighted by molar-refractivity contribution is -0.143. The summed E-state index contributed by atoms with van der Waals surface area (Å²) < 4.78 is 0. The number of amides is 7. The molecule has 0 radical (unpaired) electrons. The van der Waals surface area contributed by atoms with Crippen LogP contribution in [0, 0.1) is 22.7 Å². The second-order valence-corrected chi connectivity index (χ2v) is 16.3. The van der Waals surface area contributed by atoms with E-state index >= 15 is 0 Å². The van der Waals surface area contributed by atoms with Gasteiger partial charge in [-0.25, -0.2) is 9.59 Å². The number of nitrogens with one attached hydrogen (secondary N) is 5. The van der Waals surface area contributed by atoms with Crippen LogP contribution in [0.2, 0.25) is 0 Å². The van der Waals surface area contributed by atoms with Crippen LogP contribution in [0.4, 0.5) is 9.59 Å². The number of rotatable bonds is 16. The summed E-state index contributed by atoms with van der Waals surface area (Å²) in [6, 6.07) is -4.13. The first-order valence-electron chi connectivity index (χ1n) is 18.2. The number of carbonyl (C=O) groups excluding carboxylic acids is 6. The van der Waals surface area contributed by atoms with Crippen molar-refractivity contribution in [3.8, 4) is 0 Å². The third kappa shape index (κ3) is 11.3. The average Bonchev–Trinajstić information content (AvgIpc) is 3.47. The van der Waals surface area contributed by atoms with Crippen molar-refractivity contribution in [2.24, 2.45) is 22.7 Å². The molecule has 1 aliphatic carbocycles. The highest BCUT2D eigenvalue weighted by Gasteiger charge is 2.45. The number of urea groups is 2. The largest absolute Gasteiger partial charge is 0.346 e. The molecule has 0 aromatic carbocycles. The van der Waals surface area contributed by atoms with Gasteiger partial charge in [-0.2, -0.15) is 0 Å². The summed E-state index contributed by atoms with van der Waals surface area (Å²) in [5, 5.41) is 14.1. The molecule has 0 spiro atoms. The third-order valence-corrected chi connectivity index (χ3v) is 10.2. The van der Waals surface area contributed by atoms with Crippen molar-refractivity contribution in [2.45, 2.75) is 117 Å². The maximum absolute atomic E-state index is 14.3. The van der Waals surface area contributed by atoms with Gasteiger partial charge in [0.2, 0.25) is 17.6 Å². The highest BCUT2D eigenvalue weighted by molar-refractivity contribution is 6.38. The van der Waals surface area contributed by atoms with E-state index in [-0.39, 0.29) is 25.0 Å². The molecule has 0 bridgehead atoms. The van der Waals surface area contributed by atoms with Gasteiger partial charge in [-0.15, -0.1) is 13.2 Å². The minimum absolute atomic E-state index is 0.123. The van der Waals surface area contributed by atoms with E-state index in [1.165, 1.54) is 17.4 Å². The van der Waals surface area contributed by atoms with E-state index < -0.39 is 64.5 Å². The molecule has 2 aliphatic heterocycles. The molecule has 5 N–H and O–H groups in total. The molecule has 13 heteroatoms. The van der Waals surface area contributed by atoms with Gasteiger partial charge < -0.3 is 36.4 Å². The minimum Gasteiger partial charge on any atom is -0.346 e. The van der Waals surface area contributed by atoms with Gasteiger partial charge in [-0.1, -0.05) is 85.8 Å². The summed E-state index contributed by atoms with van der Waals surface area (Å²) in [6.07, 6.45) is 9.70. The summed E-state index contributed by atoms with van der Waals surface area (Å²) in [6.45, 7) is 20.7. The second-order valence-electron chi connectivity index (χ2n) is 16.3. The number of hydrogen-bond donors (Lipinski definition) is 5. The first kappa shape index (κ1) is 40.5. The summed E-state index contributed by atoms with van der Waals surface area (Å²) in [4.78, 5) is 83.3. The van der Waals surface area contributed by atoms with Crippen LogP contribution in [0.1, 0.15) is 92.9 Å². The molecule has 1 unspecified atom stereocenters. The van der Waals surface area contributed by atoms with Crippen molar-refractivity contribution in [2.75, 3.05) is 32.7 Å². The maximum atomic E-state index is 14.3. The van der Waals surface area contributed by atoms with Crippen molar-refractivity contribution in [1.82, 2.24) is 36.4 Å². The Kier molecular flexibility index (Phi) is 14.5. The summed E-state index contributed by atoms with van der Waals surface area (Å²) in [7, 11) is 0. The molecule has 2 saturated heterocycles. The van der Waals surface area contributed by atoms with Gasteiger partial charge in [0.1, 0.15) is 12.1 Å². The van der Waals surface area contributed by atoms with Crippen LogP contribution >= 0.6 is 0 Å². The molecule has 3 rings (SSSR count). The van der Waals surface area contributed by atoms with Gasteiger partial charge in [0.15, 0.2) is 0 Å². The van der Waals surface area contributed by atoms with E-state index in [4.69, 9.17) is 0 Å². The van der Waals surface area contributed by atoms with Crippen molar-refractivity contribution in [3.63, 3.8) is 0 Å². The zero-order chi connectivity index (χ0) is 37.2. The Labute approximate surface area is 298 Å². The lowest BCUT2D eigenvalue weighted by Crippen LogP contribution is -2.62. The predicted octanol–water partition coefficient (Wildman–Crippen LogP) is 3.26. The molecule has 1 saturated carbocycles. The fourth-order valence-corrected chi connectivity index (χ4v) is 6.63. The zero-order valence-electron chi connectivity index (χ0n) is 31.1. The molecule has 5 atom stereocenters. The fraction of sp³-hybridized carbons (Fsp3) is 0.730. The average molecular weight is 700 g/mol. The van der Waals surface area contributed by atoms with Crippen molar-refractivity contribution in [1.29, 1.82) is 0 Å². The first-order chi connectivity index (χ1) is 23.5. The van der Waals surface area contributed by atoms with Gasteiger partial charge in [-0.05, 0) is 41.9 Å². The van der Waals surface area contributed by atoms with Crippen LogP contribution in [0.25, 0.3) is 0 Å². The fourth-order valence-electron chi connectivity index (χ4n) is 6.63. The monoisotopic (exact) mass is 699 g/mol. The zero-order valence-corrected chi connectivity index (χ0v) is 31.1. The second kappa shape index (κ2) is 17.8.